The summed E-state index contributed by atoms with van der Waals surface area (Å²) in [6.07, 6.45) is 7.65. The normalized spacial score (nSPS) is 19.0. The van der Waals surface area contributed by atoms with E-state index in [4.69, 9.17) is 19.2 Å². The van der Waals surface area contributed by atoms with Crippen LogP contribution in [-0.4, -0.2) is 56.1 Å². The lowest BCUT2D eigenvalue weighted by molar-refractivity contribution is 0.109. The molecule has 0 atom stereocenters. The highest BCUT2D eigenvalue weighted by Gasteiger charge is 2.39. The SMILES string of the molecule is COc1cnc(Nc2ccc(-c3cnc(C4CCC(NC(=O)OC(C)C)CC4)s3)c(S(=O)(=O)C3CC3)c2)c(OC)c1. The molecule has 220 valence electrons. The number of rotatable bonds is 10. The third-order valence-electron chi connectivity index (χ3n) is 7.33. The van der Waals surface area contributed by atoms with E-state index >= 15 is 0 Å². The minimum Gasteiger partial charge on any atom is -0.495 e. The van der Waals surface area contributed by atoms with Crippen molar-refractivity contribution >= 4 is 38.8 Å². The molecule has 5 rings (SSSR count). The number of aromatic nitrogens is 2. The summed E-state index contributed by atoms with van der Waals surface area (Å²) < 4.78 is 43.0. The molecular weight excluding hydrogens is 564 g/mol. The lowest BCUT2D eigenvalue weighted by atomic mass is 9.86. The van der Waals surface area contributed by atoms with E-state index in [0.29, 0.717) is 46.3 Å². The second-order valence-corrected chi connectivity index (χ2v) is 14.0. The molecule has 1 amide bonds. The predicted molar refractivity (Wildman–Crippen MR) is 158 cm³/mol. The van der Waals surface area contributed by atoms with E-state index in [-0.39, 0.29) is 29.4 Å². The molecular formula is C29H36N4O6S2. The summed E-state index contributed by atoms with van der Waals surface area (Å²) in [5, 5.41) is 6.80. The number of ether oxygens (including phenoxy) is 3. The molecule has 0 saturated heterocycles. The molecule has 3 aromatic rings. The first kappa shape index (κ1) is 29.1. The first-order valence-corrected chi connectivity index (χ1v) is 16.2. The number of anilines is 2. The lowest BCUT2D eigenvalue weighted by Crippen LogP contribution is -2.38. The fourth-order valence-corrected chi connectivity index (χ4v) is 8.10. The molecule has 1 aromatic carbocycles. The largest absolute Gasteiger partial charge is 0.495 e. The minimum absolute atomic E-state index is 0.0890. The van der Waals surface area contributed by atoms with Crippen molar-refractivity contribution in [3.05, 3.63) is 41.7 Å². The zero-order chi connectivity index (χ0) is 29.1. The van der Waals surface area contributed by atoms with Crippen LogP contribution in [-0.2, 0) is 14.6 Å². The Morgan fingerprint density at radius 1 is 1.00 bits per heavy atom. The average molecular weight is 601 g/mol. The third-order valence-corrected chi connectivity index (χ3v) is 10.8. The van der Waals surface area contributed by atoms with Gasteiger partial charge in [-0.25, -0.2) is 23.2 Å². The van der Waals surface area contributed by atoms with E-state index in [1.54, 1.807) is 50.1 Å². The van der Waals surface area contributed by atoms with Gasteiger partial charge in [-0.3, -0.25) is 0 Å². The number of hydrogen-bond donors (Lipinski definition) is 2. The molecule has 0 bridgehead atoms. The fraction of sp³-hybridized carbons (Fsp3) is 0.483. The van der Waals surface area contributed by atoms with Crippen molar-refractivity contribution in [2.45, 2.75) is 80.6 Å². The maximum Gasteiger partial charge on any atom is 0.407 e. The molecule has 2 aromatic heterocycles. The Hall–Kier alpha value is -3.38. The summed E-state index contributed by atoms with van der Waals surface area (Å²) in [6.45, 7) is 3.66. The Morgan fingerprint density at radius 2 is 1.76 bits per heavy atom. The van der Waals surface area contributed by atoms with Crippen molar-refractivity contribution < 1.29 is 27.4 Å². The van der Waals surface area contributed by atoms with Gasteiger partial charge in [0.05, 0.1) is 46.6 Å². The number of methoxy groups -OCH3 is 2. The molecule has 10 nitrogen and oxygen atoms in total. The fourth-order valence-electron chi connectivity index (χ4n) is 5.02. The summed E-state index contributed by atoms with van der Waals surface area (Å²) in [7, 11) is -0.421. The molecule has 2 fully saturated rings. The second kappa shape index (κ2) is 12.2. The molecule has 0 spiro atoms. The number of alkyl carbamates (subject to hydrolysis) is 1. The summed E-state index contributed by atoms with van der Waals surface area (Å²) in [5.41, 5.74) is 1.25. The maximum atomic E-state index is 13.6. The summed E-state index contributed by atoms with van der Waals surface area (Å²) >= 11 is 1.54. The Labute approximate surface area is 244 Å². The molecule has 2 heterocycles. The maximum absolute atomic E-state index is 13.6. The zero-order valence-corrected chi connectivity index (χ0v) is 25.3. The number of nitrogens with zero attached hydrogens (tertiary/aromatic N) is 2. The smallest absolute Gasteiger partial charge is 0.407 e. The molecule has 0 radical (unpaired) electrons. The number of sulfone groups is 1. The van der Waals surface area contributed by atoms with Gasteiger partial charge in [0.1, 0.15) is 5.75 Å². The molecule has 2 saturated carbocycles. The van der Waals surface area contributed by atoms with Crippen molar-refractivity contribution in [1.29, 1.82) is 0 Å². The van der Waals surface area contributed by atoms with Crippen LogP contribution in [0.5, 0.6) is 11.5 Å². The van der Waals surface area contributed by atoms with E-state index in [1.165, 1.54) is 0 Å². The van der Waals surface area contributed by atoms with E-state index in [2.05, 4.69) is 15.6 Å². The van der Waals surface area contributed by atoms with Crippen LogP contribution in [0.2, 0.25) is 0 Å². The molecule has 41 heavy (non-hydrogen) atoms. The minimum atomic E-state index is -3.51. The van der Waals surface area contributed by atoms with Gasteiger partial charge in [-0.15, -0.1) is 11.3 Å². The highest BCUT2D eigenvalue weighted by Crippen LogP contribution is 2.43. The van der Waals surface area contributed by atoms with Crippen molar-refractivity contribution in [1.82, 2.24) is 15.3 Å². The summed E-state index contributed by atoms with van der Waals surface area (Å²) in [5.74, 6) is 1.76. The Morgan fingerprint density at radius 3 is 2.41 bits per heavy atom. The van der Waals surface area contributed by atoms with Crippen LogP contribution in [0.25, 0.3) is 10.4 Å². The molecule has 2 aliphatic rings. The Bertz CT molecular complexity index is 1490. The summed E-state index contributed by atoms with van der Waals surface area (Å²) in [4.78, 5) is 22.2. The van der Waals surface area contributed by atoms with Gasteiger partial charge in [0, 0.05) is 35.5 Å². The molecule has 2 N–H and O–H groups in total. The molecule has 12 heteroatoms. The van der Waals surface area contributed by atoms with Gasteiger partial charge < -0.3 is 24.8 Å². The van der Waals surface area contributed by atoms with Gasteiger partial charge in [0.2, 0.25) is 0 Å². The first-order chi connectivity index (χ1) is 19.7. The molecule has 0 unspecified atom stereocenters. The van der Waals surface area contributed by atoms with Gasteiger partial charge in [-0.05, 0) is 64.5 Å². The van der Waals surface area contributed by atoms with E-state index < -0.39 is 9.84 Å². The van der Waals surface area contributed by atoms with Crippen molar-refractivity contribution in [2.75, 3.05) is 19.5 Å². The Balaban J connectivity index is 1.36. The van der Waals surface area contributed by atoms with Crippen LogP contribution in [0, 0.1) is 0 Å². The third kappa shape index (κ3) is 6.75. The number of hydrogen-bond acceptors (Lipinski definition) is 10. The zero-order valence-electron chi connectivity index (χ0n) is 23.7. The highest BCUT2D eigenvalue weighted by atomic mass is 32.2. The monoisotopic (exact) mass is 600 g/mol. The Kier molecular flexibility index (Phi) is 8.69. The number of carbonyl (C=O) groups is 1. The van der Waals surface area contributed by atoms with E-state index in [0.717, 1.165) is 35.6 Å². The lowest BCUT2D eigenvalue weighted by Gasteiger charge is -2.28. The van der Waals surface area contributed by atoms with Crippen molar-refractivity contribution in [2.24, 2.45) is 0 Å². The average Bonchev–Trinajstić information content (AvgIpc) is 3.71. The van der Waals surface area contributed by atoms with Gasteiger partial charge >= 0.3 is 6.09 Å². The quantitative estimate of drug-likeness (QED) is 0.285. The number of amides is 1. The van der Waals surface area contributed by atoms with Crippen LogP contribution in [0.15, 0.2) is 41.6 Å². The van der Waals surface area contributed by atoms with Crippen LogP contribution in [0.4, 0.5) is 16.3 Å². The highest BCUT2D eigenvalue weighted by molar-refractivity contribution is 7.92. The van der Waals surface area contributed by atoms with Crippen LogP contribution in [0.1, 0.15) is 63.3 Å². The van der Waals surface area contributed by atoms with E-state index in [1.807, 2.05) is 26.0 Å². The number of thiazole rings is 1. The van der Waals surface area contributed by atoms with Crippen LogP contribution in [0.3, 0.4) is 0 Å². The van der Waals surface area contributed by atoms with Gasteiger partial charge in [-0.2, -0.15) is 0 Å². The van der Waals surface area contributed by atoms with Gasteiger partial charge in [0.15, 0.2) is 21.4 Å². The van der Waals surface area contributed by atoms with Gasteiger partial charge in [0.25, 0.3) is 0 Å². The van der Waals surface area contributed by atoms with E-state index in [9.17, 15) is 13.2 Å². The van der Waals surface area contributed by atoms with Crippen molar-refractivity contribution in [3.63, 3.8) is 0 Å². The second-order valence-electron chi connectivity index (χ2n) is 10.7. The topological polar surface area (TPSA) is 129 Å². The van der Waals surface area contributed by atoms with Crippen LogP contribution >= 0.6 is 11.3 Å². The van der Waals surface area contributed by atoms with Crippen LogP contribution < -0.4 is 20.1 Å². The number of benzene rings is 1. The number of nitrogens with one attached hydrogen (secondary N) is 2. The number of carbonyl (C=O) groups excluding carboxylic acids is 1. The standard InChI is InChI=1S/C29H36N4O6S2/c1-17(2)39-29(34)33-19-7-5-18(6-8-19)28-31-16-25(40-28)23-12-9-20(13-26(23)41(35,36)22-10-11-22)32-27-24(38-4)14-21(37-3)15-30-27/h9,12-19,22H,5-8,10-11H2,1-4H3,(H,30,32)(H,33,34). The number of pyridine rings is 1. The van der Waals surface area contributed by atoms with Gasteiger partial charge in [-0.1, -0.05) is 6.07 Å². The predicted octanol–water partition coefficient (Wildman–Crippen LogP) is 6.06. The molecule has 0 aliphatic heterocycles. The van der Waals surface area contributed by atoms with Crippen molar-refractivity contribution in [3.8, 4) is 21.9 Å². The first-order valence-electron chi connectivity index (χ1n) is 13.8. The summed E-state index contributed by atoms with van der Waals surface area (Å²) in [6, 6.07) is 7.17. The molecule has 2 aliphatic carbocycles.